The first-order chi connectivity index (χ1) is 21.9. The highest BCUT2D eigenvalue weighted by molar-refractivity contribution is 7.20. The van der Waals surface area contributed by atoms with Gasteiger partial charge >= 0.3 is 6.18 Å². The highest BCUT2D eigenvalue weighted by atomic mass is 19.4. The Hall–Kier alpha value is -4.60. The molecule has 4 aromatic rings. The molecule has 0 saturated heterocycles. The first-order valence-electron chi connectivity index (χ1n) is 11.6. The van der Waals surface area contributed by atoms with Crippen molar-refractivity contribution < 1.29 is 96.6 Å². The SMILES string of the molecule is Fc1c(F)c(F)c([B-](c2c(F)c(F)c(F)c(F)c2F)(c2c(F)c(F)c(F)c(F)c2F)c2c(F)c(F)c(C(F)(F)F)c(F)c2F)c(F)c1F. The van der Waals surface area contributed by atoms with E-state index in [4.69, 9.17) is 0 Å². The maximum absolute atomic E-state index is 15.6. The van der Waals surface area contributed by atoms with Gasteiger partial charge in [-0.3, -0.25) is 0 Å². The molecular formula is C25BF22-. The van der Waals surface area contributed by atoms with E-state index >= 15 is 35.1 Å². The molecule has 0 unspecified atom stereocenters. The largest absolute Gasteiger partial charge is 0.422 e. The smallest absolute Gasteiger partial charge is 0.207 e. The van der Waals surface area contributed by atoms with Gasteiger partial charge in [0.05, 0.1) is 0 Å². The van der Waals surface area contributed by atoms with Gasteiger partial charge in [-0.25, -0.2) is 83.4 Å². The van der Waals surface area contributed by atoms with Gasteiger partial charge in [-0.05, 0) is 0 Å². The maximum atomic E-state index is 15.6. The summed E-state index contributed by atoms with van der Waals surface area (Å²) in [5.74, 6) is -71.3. The summed E-state index contributed by atoms with van der Waals surface area (Å²) >= 11 is 0. The lowest BCUT2D eigenvalue weighted by molar-refractivity contribution is -0.143. The lowest BCUT2D eigenvalue weighted by Gasteiger charge is -2.45. The number of alkyl halides is 3. The van der Waals surface area contributed by atoms with Crippen molar-refractivity contribution in [1.29, 1.82) is 0 Å². The molecule has 0 radical (unpaired) electrons. The second kappa shape index (κ2) is 11.5. The molecule has 0 atom stereocenters. The van der Waals surface area contributed by atoms with Gasteiger partial charge in [0.1, 0.15) is 58.2 Å². The third kappa shape index (κ3) is 4.59. The Morgan fingerprint density at radius 3 is 0.542 bits per heavy atom. The third-order valence-electron chi connectivity index (χ3n) is 7.04. The molecule has 0 aliphatic heterocycles. The Bertz CT molecular complexity index is 1780. The molecule has 0 aliphatic carbocycles. The molecule has 23 heteroatoms. The van der Waals surface area contributed by atoms with Gasteiger partial charge in [-0.15, -0.1) is 21.9 Å². The molecule has 0 bridgehead atoms. The monoisotopic (exact) mass is 729 g/mol. The average Bonchev–Trinajstić information content (AvgIpc) is 3.01. The number of benzene rings is 4. The molecule has 48 heavy (non-hydrogen) atoms. The molecule has 4 rings (SSSR count). The number of halogens is 22. The van der Waals surface area contributed by atoms with Crippen LogP contribution < -0.4 is 21.9 Å². The zero-order valence-electron chi connectivity index (χ0n) is 21.4. The first-order valence-corrected chi connectivity index (χ1v) is 11.6. The Labute approximate surface area is 247 Å². The third-order valence-corrected chi connectivity index (χ3v) is 7.04. The Balaban J connectivity index is 2.70. The summed E-state index contributed by atoms with van der Waals surface area (Å²) < 4.78 is 322. The fraction of sp³-hybridized carbons (Fsp3) is 0.0400. The second-order valence-corrected chi connectivity index (χ2v) is 9.36. The van der Waals surface area contributed by atoms with Crippen LogP contribution in [-0.4, -0.2) is 6.15 Å². The standard InChI is InChI=1S/C25BF22/c27-6-1(25(46,47)48)7(28)9(30)2(8(6)29)26(3-10(31)16(37)22(43)17(38)11(3)32,4-12(33)18(39)23(44)19(40)13(4)34)5-14(35)20(41)24(45)21(42)15(5)36/q-1. The van der Waals surface area contributed by atoms with Crippen molar-refractivity contribution in [3.63, 3.8) is 0 Å². The molecule has 0 aromatic heterocycles. The fourth-order valence-electron chi connectivity index (χ4n) is 5.15. The molecule has 0 N–H and O–H groups in total. The van der Waals surface area contributed by atoms with Crippen LogP contribution in [0, 0.1) is 111 Å². The molecule has 4 aromatic carbocycles. The molecule has 0 amide bonds. The quantitative estimate of drug-likeness (QED) is 0.0948. The van der Waals surface area contributed by atoms with Crippen molar-refractivity contribution in [1.82, 2.24) is 0 Å². The lowest BCUT2D eigenvalue weighted by Crippen LogP contribution is -2.81. The van der Waals surface area contributed by atoms with Crippen LogP contribution in [0.2, 0.25) is 0 Å². The fourth-order valence-corrected chi connectivity index (χ4v) is 5.15. The molecular weight excluding hydrogens is 729 g/mol. The summed E-state index contributed by atoms with van der Waals surface area (Å²) in [6.07, 6.45) is -14.1. The maximum Gasteiger partial charge on any atom is 0.422 e. The van der Waals surface area contributed by atoms with E-state index in [0.29, 0.717) is 0 Å². The summed E-state index contributed by atoms with van der Waals surface area (Å²) in [6.45, 7) is 0. The van der Waals surface area contributed by atoms with E-state index in [1.54, 1.807) is 0 Å². The zero-order chi connectivity index (χ0) is 36.9. The highest BCUT2D eigenvalue weighted by Gasteiger charge is 2.53. The number of rotatable bonds is 4. The molecule has 0 fully saturated rings. The van der Waals surface area contributed by atoms with Crippen LogP contribution >= 0.6 is 0 Å². The van der Waals surface area contributed by atoms with Crippen LogP contribution in [0.1, 0.15) is 5.56 Å². The van der Waals surface area contributed by atoms with Gasteiger partial charge in [0.15, 0.2) is 64.0 Å². The van der Waals surface area contributed by atoms with Crippen molar-refractivity contribution in [2.45, 2.75) is 6.18 Å². The molecule has 0 spiro atoms. The van der Waals surface area contributed by atoms with Crippen LogP contribution in [0.5, 0.6) is 0 Å². The van der Waals surface area contributed by atoms with Gasteiger partial charge in [-0.2, -0.15) is 13.2 Å². The summed E-state index contributed by atoms with van der Waals surface area (Å²) in [7, 11) is 0. The Kier molecular flexibility index (Phi) is 8.71. The van der Waals surface area contributed by atoms with Gasteiger partial charge < -0.3 is 0 Å². The predicted octanol–water partition coefficient (Wildman–Crippen LogP) is 6.73. The molecule has 0 heterocycles. The van der Waals surface area contributed by atoms with E-state index < -0.39 is 150 Å². The first kappa shape index (κ1) is 36.2. The summed E-state index contributed by atoms with van der Waals surface area (Å²) in [4.78, 5) is 0. The minimum atomic E-state index is -7.46. The van der Waals surface area contributed by atoms with Gasteiger partial charge in [0, 0.05) is 0 Å². The van der Waals surface area contributed by atoms with E-state index in [1.807, 2.05) is 0 Å². The second-order valence-electron chi connectivity index (χ2n) is 9.36. The van der Waals surface area contributed by atoms with E-state index in [0.717, 1.165) is 0 Å². The van der Waals surface area contributed by atoms with E-state index in [2.05, 4.69) is 0 Å². The molecule has 0 saturated carbocycles. The Morgan fingerprint density at radius 1 is 0.229 bits per heavy atom. The van der Waals surface area contributed by atoms with E-state index in [1.165, 1.54) is 0 Å². The molecule has 0 nitrogen and oxygen atoms in total. The minimum absolute atomic E-state index is 3.43. The van der Waals surface area contributed by atoms with Crippen molar-refractivity contribution in [2.24, 2.45) is 0 Å². The molecule has 0 aliphatic rings. The van der Waals surface area contributed by atoms with Crippen molar-refractivity contribution >= 4 is 28.0 Å². The van der Waals surface area contributed by atoms with Crippen LogP contribution in [-0.2, 0) is 6.18 Å². The van der Waals surface area contributed by atoms with Gasteiger partial charge in [-0.1, -0.05) is 0 Å². The van der Waals surface area contributed by atoms with Crippen molar-refractivity contribution in [3.8, 4) is 0 Å². The highest BCUT2D eigenvalue weighted by Crippen LogP contribution is 2.37. The van der Waals surface area contributed by atoms with Gasteiger partial charge in [0.25, 0.3) is 0 Å². The Morgan fingerprint density at radius 2 is 0.375 bits per heavy atom. The summed E-state index contributed by atoms with van der Waals surface area (Å²) in [5.41, 5.74) is -18.8. The van der Waals surface area contributed by atoms with Crippen LogP contribution in [0.15, 0.2) is 0 Å². The lowest BCUT2D eigenvalue weighted by atomic mass is 9.12. The number of hydrogen-bond acceptors (Lipinski definition) is 0. The van der Waals surface area contributed by atoms with E-state index in [-0.39, 0.29) is 0 Å². The summed E-state index contributed by atoms with van der Waals surface area (Å²) in [6, 6.07) is 0. The van der Waals surface area contributed by atoms with Crippen LogP contribution in [0.25, 0.3) is 0 Å². The van der Waals surface area contributed by atoms with Crippen LogP contribution in [0.3, 0.4) is 0 Å². The summed E-state index contributed by atoms with van der Waals surface area (Å²) in [5, 5.41) is 0. The molecule has 258 valence electrons. The zero-order valence-corrected chi connectivity index (χ0v) is 21.4. The van der Waals surface area contributed by atoms with E-state index in [9.17, 15) is 61.5 Å². The minimum Gasteiger partial charge on any atom is -0.207 e. The topological polar surface area (TPSA) is 0 Å². The van der Waals surface area contributed by atoms with Crippen molar-refractivity contribution in [2.75, 3.05) is 0 Å². The normalized spacial score (nSPS) is 12.4. The average molecular weight is 729 g/mol. The van der Waals surface area contributed by atoms with Gasteiger partial charge in [0.2, 0.25) is 0 Å². The number of hydrogen-bond donors (Lipinski definition) is 0. The predicted molar refractivity (Wildman–Crippen MR) is 114 cm³/mol. The van der Waals surface area contributed by atoms with Crippen LogP contribution in [0.4, 0.5) is 96.6 Å². The van der Waals surface area contributed by atoms with Crippen molar-refractivity contribution in [3.05, 3.63) is 116 Å².